The average molecular weight is 375 g/mol. The smallest absolute Gasteiger partial charge is 0.323 e. The highest BCUT2D eigenvalue weighted by molar-refractivity contribution is 6.07. The maximum Gasteiger partial charge on any atom is 0.325 e. The minimum Gasteiger partial charge on any atom is -0.323 e. The molecule has 2 heterocycles. The molecule has 7 nitrogen and oxygen atoms in total. The summed E-state index contributed by atoms with van der Waals surface area (Å²) in [6.07, 6.45) is 3.95. The van der Waals surface area contributed by atoms with E-state index in [4.69, 9.17) is 0 Å². The number of aromatic nitrogens is 2. The molecule has 2 aromatic rings. The zero-order valence-electron chi connectivity index (χ0n) is 15.7. The Balaban J connectivity index is 1.54. The van der Waals surface area contributed by atoms with Crippen LogP contribution < -0.4 is 5.32 Å². The number of carbonyl (C=O) groups is 2. The molecule has 3 amide bonds. The van der Waals surface area contributed by atoms with Crippen molar-refractivity contribution in [2.75, 3.05) is 0 Å². The van der Waals surface area contributed by atoms with Gasteiger partial charge in [-0.2, -0.15) is 10.4 Å². The zero-order chi connectivity index (χ0) is 19.5. The number of urea groups is 1. The fourth-order valence-electron chi connectivity index (χ4n) is 4.52. The second kappa shape index (κ2) is 5.93. The molecule has 0 atom stereocenters. The van der Waals surface area contributed by atoms with E-state index in [9.17, 15) is 14.9 Å². The maximum atomic E-state index is 13.4. The molecular formula is C21H21N5O2. The fraction of sp³-hybridized carbons (Fsp3) is 0.429. The molecule has 0 unspecified atom stereocenters. The van der Waals surface area contributed by atoms with Crippen LogP contribution in [0.25, 0.3) is 5.69 Å². The van der Waals surface area contributed by atoms with Gasteiger partial charge in [0.1, 0.15) is 11.6 Å². The van der Waals surface area contributed by atoms with E-state index in [0.717, 1.165) is 31.4 Å². The molecule has 1 N–H and O–H groups in total. The van der Waals surface area contributed by atoms with Crippen LogP contribution in [0, 0.1) is 30.1 Å². The van der Waals surface area contributed by atoms with Crippen molar-refractivity contribution in [3.63, 3.8) is 0 Å². The normalized spacial score (nSPS) is 20.9. The summed E-state index contributed by atoms with van der Waals surface area (Å²) in [6.45, 7) is 1.82. The molecule has 2 aliphatic carbocycles. The number of hydrogen-bond donors (Lipinski definition) is 1. The Kier molecular flexibility index (Phi) is 3.60. The lowest BCUT2D eigenvalue weighted by molar-refractivity contribution is -0.133. The van der Waals surface area contributed by atoms with Crippen LogP contribution in [0.2, 0.25) is 0 Å². The standard InChI is InChI=1S/C21H21N5O2/c1-13-17(11-22)18(26(24-13)16-5-3-2-4-6-16)12-25-19(27)21(14-7-8-14,15-9-10-15)23-20(25)28/h2-6,14-15H,7-10,12H2,1H3,(H,23,28). The van der Waals surface area contributed by atoms with Crippen LogP contribution in [0.5, 0.6) is 0 Å². The van der Waals surface area contributed by atoms with Gasteiger partial charge in [0.2, 0.25) is 0 Å². The highest BCUT2D eigenvalue weighted by Crippen LogP contribution is 2.54. The summed E-state index contributed by atoms with van der Waals surface area (Å²) in [5.41, 5.74) is 1.64. The number of nitrogens with zero attached hydrogens (tertiary/aromatic N) is 4. The maximum absolute atomic E-state index is 13.4. The van der Waals surface area contributed by atoms with Gasteiger partial charge in [0.25, 0.3) is 5.91 Å². The van der Waals surface area contributed by atoms with Gasteiger partial charge in [-0.15, -0.1) is 0 Å². The Morgan fingerprint density at radius 2 is 1.82 bits per heavy atom. The van der Waals surface area contributed by atoms with E-state index in [1.54, 1.807) is 11.6 Å². The van der Waals surface area contributed by atoms with E-state index in [0.29, 0.717) is 17.0 Å². The second-order valence-corrected chi connectivity index (χ2v) is 8.01. The summed E-state index contributed by atoms with van der Waals surface area (Å²) in [5, 5.41) is 17.2. The molecule has 3 aliphatic rings. The first kappa shape index (κ1) is 17.0. The van der Waals surface area contributed by atoms with Gasteiger partial charge in [-0.25, -0.2) is 9.48 Å². The van der Waals surface area contributed by atoms with Crippen LogP contribution in [0.1, 0.15) is 42.6 Å². The summed E-state index contributed by atoms with van der Waals surface area (Å²) in [5.74, 6) is 0.361. The van der Waals surface area contributed by atoms with Gasteiger partial charge >= 0.3 is 6.03 Å². The van der Waals surface area contributed by atoms with E-state index >= 15 is 0 Å². The van der Waals surface area contributed by atoms with Crippen molar-refractivity contribution in [2.45, 2.75) is 44.7 Å². The Morgan fingerprint density at radius 1 is 1.18 bits per heavy atom. The zero-order valence-corrected chi connectivity index (χ0v) is 15.7. The molecule has 5 rings (SSSR count). The highest BCUT2D eigenvalue weighted by atomic mass is 16.2. The Morgan fingerprint density at radius 3 is 2.39 bits per heavy atom. The lowest BCUT2D eigenvalue weighted by Gasteiger charge is -2.26. The predicted octanol–water partition coefficient (Wildman–Crippen LogP) is 2.66. The molecule has 28 heavy (non-hydrogen) atoms. The summed E-state index contributed by atoms with van der Waals surface area (Å²) >= 11 is 0. The number of benzene rings is 1. The number of carbonyl (C=O) groups excluding carboxylic acids is 2. The Bertz CT molecular complexity index is 999. The molecule has 0 radical (unpaired) electrons. The number of imide groups is 1. The third-order valence-electron chi connectivity index (χ3n) is 6.18. The summed E-state index contributed by atoms with van der Waals surface area (Å²) < 4.78 is 1.67. The average Bonchev–Trinajstić information content (AvgIpc) is 3.61. The topological polar surface area (TPSA) is 91.0 Å². The molecule has 142 valence electrons. The van der Waals surface area contributed by atoms with Gasteiger partial charge in [-0.1, -0.05) is 18.2 Å². The quantitative estimate of drug-likeness (QED) is 0.814. The molecule has 1 aliphatic heterocycles. The van der Waals surface area contributed by atoms with Gasteiger partial charge in [0.15, 0.2) is 0 Å². The van der Waals surface area contributed by atoms with E-state index < -0.39 is 5.54 Å². The van der Waals surface area contributed by atoms with Crippen molar-refractivity contribution >= 4 is 11.9 Å². The summed E-state index contributed by atoms with van der Waals surface area (Å²) in [4.78, 5) is 27.5. The number of para-hydroxylation sites is 1. The van der Waals surface area contributed by atoms with Gasteiger partial charge in [0, 0.05) is 0 Å². The minimum absolute atomic E-state index is 0.0461. The SMILES string of the molecule is Cc1nn(-c2ccccc2)c(CN2C(=O)NC(C3CC3)(C3CC3)C2=O)c1C#N. The molecule has 1 saturated heterocycles. The lowest BCUT2D eigenvalue weighted by atomic mass is 9.87. The molecule has 1 aromatic heterocycles. The first-order valence-electron chi connectivity index (χ1n) is 9.74. The van der Waals surface area contributed by atoms with Crippen LogP contribution in [-0.2, 0) is 11.3 Å². The number of nitrogens with one attached hydrogen (secondary N) is 1. The molecule has 2 saturated carbocycles. The Labute approximate surface area is 162 Å². The Hall–Kier alpha value is -3.14. The van der Waals surface area contributed by atoms with Crippen molar-refractivity contribution in [3.8, 4) is 11.8 Å². The van der Waals surface area contributed by atoms with Crippen molar-refractivity contribution in [1.29, 1.82) is 5.26 Å². The van der Waals surface area contributed by atoms with E-state index in [-0.39, 0.29) is 30.3 Å². The summed E-state index contributed by atoms with van der Waals surface area (Å²) in [7, 11) is 0. The monoisotopic (exact) mass is 375 g/mol. The van der Waals surface area contributed by atoms with Crippen molar-refractivity contribution in [1.82, 2.24) is 20.0 Å². The number of nitriles is 1. The first-order valence-corrected chi connectivity index (χ1v) is 9.74. The van der Waals surface area contributed by atoms with Gasteiger partial charge in [0.05, 0.1) is 29.2 Å². The van der Waals surface area contributed by atoms with Crippen LogP contribution in [0.15, 0.2) is 30.3 Å². The van der Waals surface area contributed by atoms with Crippen LogP contribution in [0.3, 0.4) is 0 Å². The molecular weight excluding hydrogens is 354 g/mol. The number of hydrogen-bond acceptors (Lipinski definition) is 4. The molecule has 0 spiro atoms. The van der Waals surface area contributed by atoms with Gasteiger partial charge in [-0.05, 0) is 56.6 Å². The number of aryl methyl sites for hydroxylation is 1. The van der Waals surface area contributed by atoms with Gasteiger partial charge in [-0.3, -0.25) is 9.69 Å². The van der Waals surface area contributed by atoms with Crippen LogP contribution in [-0.4, -0.2) is 32.2 Å². The highest BCUT2D eigenvalue weighted by Gasteiger charge is 2.65. The fourth-order valence-corrected chi connectivity index (χ4v) is 4.52. The lowest BCUT2D eigenvalue weighted by Crippen LogP contribution is -2.51. The molecule has 0 bridgehead atoms. The van der Waals surface area contributed by atoms with Crippen molar-refractivity contribution in [3.05, 3.63) is 47.3 Å². The molecule has 7 heteroatoms. The van der Waals surface area contributed by atoms with Crippen molar-refractivity contribution in [2.24, 2.45) is 11.8 Å². The van der Waals surface area contributed by atoms with Crippen LogP contribution in [0.4, 0.5) is 4.79 Å². The van der Waals surface area contributed by atoms with Gasteiger partial charge < -0.3 is 5.32 Å². The number of rotatable bonds is 5. The third kappa shape index (κ3) is 2.37. The number of amides is 3. The van der Waals surface area contributed by atoms with Crippen LogP contribution >= 0.6 is 0 Å². The predicted molar refractivity (Wildman–Crippen MR) is 100 cm³/mol. The van der Waals surface area contributed by atoms with Crippen molar-refractivity contribution < 1.29 is 9.59 Å². The van der Waals surface area contributed by atoms with E-state index in [2.05, 4.69) is 16.5 Å². The molecule has 3 fully saturated rings. The van der Waals surface area contributed by atoms with E-state index in [1.165, 1.54) is 4.90 Å². The first-order chi connectivity index (χ1) is 13.6. The molecule has 1 aromatic carbocycles. The summed E-state index contributed by atoms with van der Waals surface area (Å²) in [6, 6.07) is 11.3. The third-order valence-corrected chi connectivity index (χ3v) is 6.18. The minimum atomic E-state index is -0.726. The largest absolute Gasteiger partial charge is 0.325 e. The van der Waals surface area contributed by atoms with E-state index in [1.807, 2.05) is 30.3 Å². The second-order valence-electron chi connectivity index (χ2n) is 8.01.